The third-order valence-corrected chi connectivity index (χ3v) is 4.02. The molecule has 0 heterocycles. The molecule has 0 aliphatic heterocycles. The molecule has 0 aromatic heterocycles. The lowest BCUT2D eigenvalue weighted by molar-refractivity contribution is -0.124. The van der Waals surface area contributed by atoms with E-state index in [1.807, 2.05) is 25.1 Å². The van der Waals surface area contributed by atoms with E-state index in [-0.39, 0.29) is 11.8 Å². The summed E-state index contributed by atoms with van der Waals surface area (Å²) in [6, 6.07) is 5.79. The van der Waals surface area contributed by atoms with Crippen molar-refractivity contribution in [1.29, 1.82) is 0 Å². The van der Waals surface area contributed by atoms with Crippen molar-refractivity contribution in [3.05, 3.63) is 23.8 Å². The summed E-state index contributed by atoms with van der Waals surface area (Å²) in [6.07, 6.45) is 5.41. The second-order valence-electron chi connectivity index (χ2n) is 5.48. The fourth-order valence-electron chi connectivity index (χ4n) is 2.65. The van der Waals surface area contributed by atoms with Gasteiger partial charge in [-0.15, -0.1) is 0 Å². The van der Waals surface area contributed by atoms with E-state index in [9.17, 15) is 4.79 Å². The molecular weight excluding hydrogens is 284 g/mol. The molecule has 1 fully saturated rings. The zero-order valence-corrected chi connectivity index (χ0v) is 13.4. The first-order chi connectivity index (χ1) is 10.1. The van der Waals surface area contributed by atoms with Crippen molar-refractivity contribution in [2.75, 3.05) is 12.4 Å². The first-order valence-electron chi connectivity index (χ1n) is 7.36. The van der Waals surface area contributed by atoms with Gasteiger partial charge in [0.05, 0.1) is 12.8 Å². The van der Waals surface area contributed by atoms with Crippen LogP contribution in [0.3, 0.4) is 0 Å². The highest BCUT2D eigenvalue weighted by atomic mass is 32.1. The highest BCUT2D eigenvalue weighted by molar-refractivity contribution is 7.80. The summed E-state index contributed by atoms with van der Waals surface area (Å²) in [6.45, 7) is 1.99. The van der Waals surface area contributed by atoms with Gasteiger partial charge in [0.1, 0.15) is 5.75 Å². The fraction of sp³-hybridized carbons (Fsp3) is 0.500. The number of hydrogen-bond acceptors (Lipinski definition) is 3. The van der Waals surface area contributed by atoms with Crippen LogP contribution in [0.2, 0.25) is 0 Å². The largest absolute Gasteiger partial charge is 0.495 e. The van der Waals surface area contributed by atoms with Gasteiger partial charge >= 0.3 is 0 Å². The minimum atomic E-state index is 0.0267. The van der Waals surface area contributed by atoms with Crippen molar-refractivity contribution in [3.8, 4) is 5.75 Å². The van der Waals surface area contributed by atoms with Crippen LogP contribution in [0.25, 0.3) is 0 Å². The molecule has 1 aliphatic carbocycles. The Morgan fingerprint density at radius 2 is 2.00 bits per heavy atom. The van der Waals surface area contributed by atoms with E-state index in [4.69, 9.17) is 17.0 Å². The van der Waals surface area contributed by atoms with Crippen LogP contribution in [-0.4, -0.2) is 18.1 Å². The zero-order valence-electron chi connectivity index (χ0n) is 12.6. The van der Waals surface area contributed by atoms with Crippen molar-refractivity contribution in [1.82, 2.24) is 5.32 Å². The minimum Gasteiger partial charge on any atom is -0.495 e. The van der Waals surface area contributed by atoms with E-state index in [1.165, 1.54) is 6.42 Å². The van der Waals surface area contributed by atoms with E-state index in [0.29, 0.717) is 10.9 Å². The third kappa shape index (κ3) is 4.43. The molecule has 114 valence electrons. The number of anilines is 1. The molecule has 0 unspecified atom stereocenters. The topological polar surface area (TPSA) is 50.4 Å². The molecule has 5 heteroatoms. The number of carbonyl (C=O) groups is 1. The number of carbonyl (C=O) groups excluding carboxylic acids is 1. The summed E-state index contributed by atoms with van der Waals surface area (Å²) in [5, 5.41) is 6.17. The van der Waals surface area contributed by atoms with Crippen LogP contribution in [0.5, 0.6) is 5.75 Å². The van der Waals surface area contributed by atoms with Crippen LogP contribution in [0.1, 0.15) is 37.7 Å². The molecule has 4 nitrogen and oxygen atoms in total. The van der Waals surface area contributed by atoms with Gasteiger partial charge in [-0.25, -0.2) is 0 Å². The minimum absolute atomic E-state index is 0.0267. The lowest BCUT2D eigenvalue weighted by Gasteiger charge is -2.21. The Balaban J connectivity index is 1.95. The monoisotopic (exact) mass is 306 g/mol. The number of thiocarbonyl (C=S) groups is 1. The molecule has 1 aromatic carbocycles. The van der Waals surface area contributed by atoms with Gasteiger partial charge in [-0.2, -0.15) is 0 Å². The van der Waals surface area contributed by atoms with Crippen molar-refractivity contribution in [2.45, 2.75) is 39.0 Å². The molecular formula is C16H22N2O2S. The zero-order chi connectivity index (χ0) is 15.2. The molecule has 0 atom stereocenters. The number of ether oxygens (including phenoxy) is 1. The van der Waals surface area contributed by atoms with Crippen LogP contribution >= 0.6 is 12.2 Å². The van der Waals surface area contributed by atoms with Gasteiger partial charge in [-0.3, -0.25) is 4.79 Å². The molecule has 1 aliphatic rings. The van der Waals surface area contributed by atoms with E-state index in [0.717, 1.165) is 36.9 Å². The number of nitrogens with one attached hydrogen (secondary N) is 2. The molecule has 2 rings (SSSR count). The van der Waals surface area contributed by atoms with Crippen LogP contribution < -0.4 is 15.4 Å². The molecule has 21 heavy (non-hydrogen) atoms. The van der Waals surface area contributed by atoms with Gasteiger partial charge in [0, 0.05) is 5.92 Å². The SMILES string of the molecule is COc1ccc(C)cc1NC(=S)NC(=O)C1CCCCC1. The normalized spacial score (nSPS) is 15.3. The van der Waals surface area contributed by atoms with Crippen LogP contribution in [0.4, 0.5) is 5.69 Å². The average molecular weight is 306 g/mol. The van der Waals surface area contributed by atoms with Gasteiger partial charge in [-0.1, -0.05) is 25.3 Å². The number of hydrogen-bond donors (Lipinski definition) is 2. The number of rotatable bonds is 3. The van der Waals surface area contributed by atoms with Gasteiger partial charge in [0.15, 0.2) is 5.11 Å². The fourth-order valence-corrected chi connectivity index (χ4v) is 2.86. The van der Waals surface area contributed by atoms with E-state index in [1.54, 1.807) is 7.11 Å². The summed E-state index contributed by atoms with van der Waals surface area (Å²) >= 11 is 5.23. The molecule has 0 spiro atoms. The molecule has 2 N–H and O–H groups in total. The maximum absolute atomic E-state index is 12.2. The second-order valence-corrected chi connectivity index (χ2v) is 5.89. The molecule has 0 saturated heterocycles. The number of benzene rings is 1. The van der Waals surface area contributed by atoms with Crippen molar-refractivity contribution < 1.29 is 9.53 Å². The van der Waals surface area contributed by atoms with Crippen LogP contribution in [0.15, 0.2) is 18.2 Å². The maximum Gasteiger partial charge on any atom is 0.229 e. The number of methoxy groups -OCH3 is 1. The van der Waals surface area contributed by atoms with Crippen molar-refractivity contribution in [3.63, 3.8) is 0 Å². The first-order valence-corrected chi connectivity index (χ1v) is 7.77. The quantitative estimate of drug-likeness (QED) is 0.840. The Morgan fingerprint density at radius 1 is 1.29 bits per heavy atom. The Kier molecular flexibility index (Phi) is 5.56. The summed E-state index contributed by atoms with van der Waals surface area (Å²) in [5.74, 6) is 0.826. The Morgan fingerprint density at radius 3 is 2.67 bits per heavy atom. The highest BCUT2D eigenvalue weighted by Crippen LogP contribution is 2.26. The lowest BCUT2D eigenvalue weighted by Crippen LogP contribution is -2.39. The first kappa shape index (κ1) is 15.8. The summed E-state index contributed by atoms with van der Waals surface area (Å²) < 4.78 is 5.29. The van der Waals surface area contributed by atoms with E-state index < -0.39 is 0 Å². The highest BCUT2D eigenvalue weighted by Gasteiger charge is 2.21. The van der Waals surface area contributed by atoms with Gasteiger partial charge in [-0.05, 0) is 49.7 Å². The average Bonchev–Trinajstić information content (AvgIpc) is 2.48. The molecule has 1 saturated carbocycles. The lowest BCUT2D eigenvalue weighted by atomic mass is 9.89. The molecule has 0 radical (unpaired) electrons. The van der Waals surface area contributed by atoms with Crippen LogP contribution in [0, 0.1) is 12.8 Å². The van der Waals surface area contributed by atoms with Gasteiger partial charge < -0.3 is 15.4 Å². The van der Waals surface area contributed by atoms with Crippen molar-refractivity contribution in [2.24, 2.45) is 5.92 Å². The molecule has 0 bridgehead atoms. The summed E-state index contributed by atoms with van der Waals surface area (Å²) in [4.78, 5) is 12.2. The number of amides is 1. The third-order valence-electron chi connectivity index (χ3n) is 3.82. The van der Waals surface area contributed by atoms with Crippen molar-refractivity contribution >= 4 is 28.9 Å². The molecule has 1 aromatic rings. The summed E-state index contributed by atoms with van der Waals surface area (Å²) in [5.41, 5.74) is 1.87. The Labute approximate surface area is 131 Å². The van der Waals surface area contributed by atoms with Gasteiger partial charge in [0.2, 0.25) is 5.91 Å². The predicted octanol–water partition coefficient (Wildman–Crippen LogP) is 3.40. The molecule has 1 amide bonds. The van der Waals surface area contributed by atoms with E-state index in [2.05, 4.69) is 10.6 Å². The Bertz CT molecular complexity index is 525. The number of aryl methyl sites for hydroxylation is 1. The maximum atomic E-state index is 12.2. The summed E-state index contributed by atoms with van der Waals surface area (Å²) in [7, 11) is 1.61. The standard InChI is InChI=1S/C16H22N2O2S/c1-11-8-9-14(20-2)13(10-11)17-16(21)18-15(19)12-6-4-3-5-7-12/h8-10,12H,3-7H2,1-2H3,(H2,17,18,19,21). The Hall–Kier alpha value is -1.62. The predicted molar refractivity (Wildman–Crippen MR) is 88.7 cm³/mol. The van der Waals surface area contributed by atoms with Crippen LogP contribution in [-0.2, 0) is 4.79 Å². The van der Waals surface area contributed by atoms with Gasteiger partial charge in [0.25, 0.3) is 0 Å². The smallest absolute Gasteiger partial charge is 0.229 e. The van der Waals surface area contributed by atoms with E-state index >= 15 is 0 Å². The second kappa shape index (κ2) is 7.41.